The molecule has 2 aliphatic rings. The van der Waals surface area contributed by atoms with Crippen molar-refractivity contribution in [3.05, 3.63) is 59.7 Å². The minimum atomic E-state index is -0.463. The molecule has 1 saturated carbocycles. The number of likely N-dealkylation sites (tertiary alicyclic amines) is 1. The van der Waals surface area contributed by atoms with E-state index in [0.29, 0.717) is 32.0 Å². The Labute approximate surface area is 179 Å². The first-order valence-electron chi connectivity index (χ1n) is 11.2. The number of benzene rings is 2. The maximum Gasteiger partial charge on any atom is 0.226 e. The Morgan fingerprint density at radius 3 is 2.27 bits per heavy atom. The smallest absolute Gasteiger partial charge is 0.226 e. The first kappa shape index (κ1) is 20.6. The number of nitrogens with one attached hydrogen (secondary N) is 1. The van der Waals surface area contributed by atoms with Gasteiger partial charge in [0.15, 0.2) is 0 Å². The molecule has 158 valence electrons. The molecule has 1 heterocycles. The number of carbonyl (C=O) groups excluding carboxylic acids is 2. The lowest BCUT2D eigenvalue weighted by atomic mass is 9.71. The minimum absolute atomic E-state index is 0.128. The van der Waals surface area contributed by atoms with E-state index in [9.17, 15) is 9.59 Å². The molecule has 2 aromatic rings. The van der Waals surface area contributed by atoms with Crippen LogP contribution < -0.4 is 5.32 Å². The van der Waals surface area contributed by atoms with Gasteiger partial charge in [-0.05, 0) is 68.2 Å². The van der Waals surface area contributed by atoms with E-state index in [-0.39, 0.29) is 11.8 Å². The van der Waals surface area contributed by atoms with Crippen molar-refractivity contribution in [1.29, 1.82) is 0 Å². The van der Waals surface area contributed by atoms with E-state index in [4.69, 9.17) is 0 Å². The van der Waals surface area contributed by atoms with Crippen LogP contribution >= 0.6 is 0 Å². The Bertz CT molecular complexity index is 924. The first-order valence-corrected chi connectivity index (χ1v) is 11.2. The van der Waals surface area contributed by atoms with Crippen molar-refractivity contribution in [2.75, 3.05) is 19.6 Å². The van der Waals surface area contributed by atoms with Gasteiger partial charge in [-0.25, -0.2) is 0 Å². The lowest BCUT2D eigenvalue weighted by Gasteiger charge is -2.41. The molecule has 1 N–H and O–H groups in total. The van der Waals surface area contributed by atoms with Gasteiger partial charge in [-0.15, -0.1) is 0 Å². The molecule has 1 saturated heterocycles. The highest BCUT2D eigenvalue weighted by atomic mass is 16.2. The SMILES string of the molecule is CCNC(=O)C1(Cc2ccccc2-c2ccccc2C)CCN(C(=O)C2CC2)CC1. The molecular weight excluding hydrogens is 372 g/mol. The van der Waals surface area contributed by atoms with E-state index < -0.39 is 5.41 Å². The zero-order chi connectivity index (χ0) is 21.1. The summed E-state index contributed by atoms with van der Waals surface area (Å²) in [4.78, 5) is 27.8. The fourth-order valence-corrected chi connectivity index (χ4v) is 4.75. The quantitative estimate of drug-likeness (QED) is 0.778. The topological polar surface area (TPSA) is 49.4 Å². The van der Waals surface area contributed by atoms with Gasteiger partial charge in [-0.3, -0.25) is 9.59 Å². The molecule has 0 unspecified atom stereocenters. The van der Waals surface area contributed by atoms with E-state index >= 15 is 0 Å². The first-order chi connectivity index (χ1) is 14.5. The minimum Gasteiger partial charge on any atom is -0.356 e. The van der Waals surface area contributed by atoms with Gasteiger partial charge in [0.05, 0.1) is 5.41 Å². The molecule has 1 aliphatic heterocycles. The summed E-state index contributed by atoms with van der Waals surface area (Å²) in [6.45, 7) is 6.09. The van der Waals surface area contributed by atoms with Crippen molar-refractivity contribution in [3.63, 3.8) is 0 Å². The molecule has 2 amide bonds. The average Bonchev–Trinajstić information content (AvgIpc) is 3.60. The highest BCUT2D eigenvalue weighted by Gasteiger charge is 2.44. The summed E-state index contributed by atoms with van der Waals surface area (Å²) in [6, 6.07) is 16.9. The van der Waals surface area contributed by atoms with Gasteiger partial charge in [0.25, 0.3) is 0 Å². The zero-order valence-electron chi connectivity index (χ0n) is 18.1. The standard InChI is InChI=1S/C26H32N2O2/c1-3-27-25(30)26(14-16-28(17-15-26)24(29)20-12-13-20)18-21-9-5-7-11-23(21)22-10-6-4-8-19(22)2/h4-11,20H,3,12-18H2,1-2H3,(H,27,30). The number of aryl methyl sites for hydroxylation is 1. The summed E-state index contributed by atoms with van der Waals surface area (Å²) in [5.74, 6) is 0.659. The number of amides is 2. The predicted octanol–water partition coefficient (Wildman–Crippen LogP) is 4.36. The Hall–Kier alpha value is -2.62. The van der Waals surface area contributed by atoms with Gasteiger partial charge in [0, 0.05) is 25.6 Å². The summed E-state index contributed by atoms with van der Waals surface area (Å²) < 4.78 is 0. The van der Waals surface area contributed by atoms with Crippen LogP contribution in [0.5, 0.6) is 0 Å². The van der Waals surface area contributed by atoms with Crippen LogP contribution in [0, 0.1) is 18.3 Å². The predicted molar refractivity (Wildman–Crippen MR) is 120 cm³/mol. The normalized spacial score (nSPS) is 18.1. The molecule has 0 radical (unpaired) electrons. The number of hydrogen-bond acceptors (Lipinski definition) is 2. The summed E-state index contributed by atoms with van der Waals surface area (Å²) in [6.07, 6.45) is 4.20. The molecular formula is C26H32N2O2. The Morgan fingerprint density at radius 2 is 1.63 bits per heavy atom. The Kier molecular flexibility index (Phi) is 5.94. The number of hydrogen-bond donors (Lipinski definition) is 1. The molecule has 0 spiro atoms. The molecule has 0 atom stereocenters. The molecule has 1 aliphatic carbocycles. The van der Waals surface area contributed by atoms with Crippen LogP contribution in [-0.4, -0.2) is 36.3 Å². The maximum absolute atomic E-state index is 13.2. The third kappa shape index (κ3) is 4.14. The van der Waals surface area contributed by atoms with Crippen LogP contribution in [0.1, 0.15) is 43.7 Å². The van der Waals surface area contributed by atoms with E-state index in [1.54, 1.807) is 0 Å². The molecule has 0 aromatic heterocycles. The number of nitrogens with zero attached hydrogens (tertiary/aromatic N) is 1. The monoisotopic (exact) mass is 404 g/mol. The second-order valence-corrected chi connectivity index (χ2v) is 8.89. The highest BCUT2D eigenvalue weighted by Crippen LogP contribution is 2.40. The van der Waals surface area contributed by atoms with Gasteiger partial charge in [0.1, 0.15) is 0 Å². The second kappa shape index (κ2) is 8.63. The van der Waals surface area contributed by atoms with E-state index in [2.05, 4.69) is 60.8 Å². The van der Waals surface area contributed by atoms with Gasteiger partial charge in [0.2, 0.25) is 11.8 Å². The Morgan fingerprint density at radius 1 is 1.00 bits per heavy atom. The molecule has 4 nitrogen and oxygen atoms in total. The van der Waals surface area contributed by atoms with E-state index in [1.165, 1.54) is 22.3 Å². The number of rotatable bonds is 6. The molecule has 30 heavy (non-hydrogen) atoms. The molecule has 2 aromatic carbocycles. The second-order valence-electron chi connectivity index (χ2n) is 8.89. The molecule has 4 rings (SSSR count). The van der Waals surface area contributed by atoms with Crippen LogP contribution in [0.15, 0.2) is 48.5 Å². The molecule has 4 heteroatoms. The Balaban J connectivity index is 1.62. The van der Waals surface area contributed by atoms with Crippen molar-refractivity contribution >= 4 is 11.8 Å². The van der Waals surface area contributed by atoms with Crippen molar-refractivity contribution in [1.82, 2.24) is 10.2 Å². The third-order valence-electron chi connectivity index (χ3n) is 6.76. The van der Waals surface area contributed by atoms with Crippen molar-refractivity contribution in [2.45, 2.75) is 46.0 Å². The molecule has 0 bridgehead atoms. The van der Waals surface area contributed by atoms with Crippen molar-refractivity contribution < 1.29 is 9.59 Å². The number of carbonyl (C=O) groups is 2. The largest absolute Gasteiger partial charge is 0.356 e. The lowest BCUT2D eigenvalue weighted by molar-refractivity contribution is -0.141. The lowest BCUT2D eigenvalue weighted by Crippen LogP contribution is -2.51. The number of piperidine rings is 1. The zero-order valence-corrected chi connectivity index (χ0v) is 18.1. The summed E-state index contributed by atoms with van der Waals surface area (Å²) in [5.41, 5.74) is 4.41. The highest BCUT2D eigenvalue weighted by molar-refractivity contribution is 5.85. The maximum atomic E-state index is 13.2. The van der Waals surface area contributed by atoms with Crippen molar-refractivity contribution in [3.8, 4) is 11.1 Å². The van der Waals surface area contributed by atoms with Gasteiger partial charge >= 0.3 is 0 Å². The summed E-state index contributed by atoms with van der Waals surface area (Å²) in [7, 11) is 0. The average molecular weight is 405 g/mol. The fourth-order valence-electron chi connectivity index (χ4n) is 4.75. The van der Waals surface area contributed by atoms with E-state index in [1.807, 2.05) is 11.8 Å². The summed E-state index contributed by atoms with van der Waals surface area (Å²) >= 11 is 0. The third-order valence-corrected chi connectivity index (χ3v) is 6.76. The summed E-state index contributed by atoms with van der Waals surface area (Å²) in [5, 5.41) is 3.08. The fraction of sp³-hybridized carbons (Fsp3) is 0.462. The van der Waals surface area contributed by atoms with Gasteiger partial charge < -0.3 is 10.2 Å². The van der Waals surface area contributed by atoms with Crippen molar-refractivity contribution in [2.24, 2.45) is 11.3 Å². The van der Waals surface area contributed by atoms with Crippen LogP contribution in [0.2, 0.25) is 0 Å². The molecule has 2 fully saturated rings. The van der Waals surface area contributed by atoms with Crippen LogP contribution in [-0.2, 0) is 16.0 Å². The van der Waals surface area contributed by atoms with Gasteiger partial charge in [-0.2, -0.15) is 0 Å². The van der Waals surface area contributed by atoms with Crippen LogP contribution in [0.3, 0.4) is 0 Å². The van der Waals surface area contributed by atoms with Crippen LogP contribution in [0.25, 0.3) is 11.1 Å². The van der Waals surface area contributed by atoms with Gasteiger partial charge in [-0.1, -0.05) is 48.5 Å². The van der Waals surface area contributed by atoms with E-state index in [0.717, 1.165) is 25.7 Å². The van der Waals surface area contributed by atoms with Crippen LogP contribution in [0.4, 0.5) is 0 Å².